The fraction of sp³-hybridized carbons (Fsp3) is 0.400. The molecular formula is C25H31N5O8S3. The van der Waals surface area contributed by atoms with Crippen LogP contribution in [0.3, 0.4) is 0 Å². The third-order valence-electron chi connectivity index (χ3n) is 6.35. The highest BCUT2D eigenvalue weighted by atomic mass is 32.2. The second kappa shape index (κ2) is 12.8. The van der Waals surface area contributed by atoms with Crippen LogP contribution in [-0.4, -0.2) is 88.6 Å². The van der Waals surface area contributed by atoms with E-state index in [1.165, 1.54) is 45.6 Å². The standard InChI is InChI=1S/C25H31N5O8S3/c1-3-37-16-15-30-21-10-9-20(40(26,33)34)17-22(21)39-24(30)27-23(31)18-5-7-19(8-6-18)41(35,36)29-13-11-28(12-14-29)25(32)38-4-2/h5-10,17H,3-4,11-16H2,1-2H3,(H2,26,33,34). The predicted octanol–water partition coefficient (Wildman–Crippen LogP) is 1.59. The van der Waals surface area contributed by atoms with E-state index < -0.39 is 32.0 Å². The average Bonchev–Trinajstić information content (AvgIpc) is 3.29. The van der Waals surface area contributed by atoms with Gasteiger partial charge in [-0.3, -0.25) is 4.79 Å². The topological polar surface area (TPSA) is 171 Å². The van der Waals surface area contributed by atoms with Crippen molar-refractivity contribution in [1.29, 1.82) is 0 Å². The highest BCUT2D eigenvalue weighted by molar-refractivity contribution is 7.89. The first-order valence-corrected chi connectivity index (χ1v) is 16.6. The lowest BCUT2D eigenvalue weighted by Gasteiger charge is -2.33. The van der Waals surface area contributed by atoms with Crippen molar-refractivity contribution in [2.75, 3.05) is 46.0 Å². The largest absolute Gasteiger partial charge is 0.450 e. The average molecular weight is 626 g/mol. The van der Waals surface area contributed by atoms with Gasteiger partial charge < -0.3 is 18.9 Å². The number of rotatable bonds is 9. The van der Waals surface area contributed by atoms with Crippen LogP contribution in [0.2, 0.25) is 0 Å². The number of ether oxygens (including phenoxy) is 2. The van der Waals surface area contributed by atoms with E-state index in [2.05, 4.69) is 4.99 Å². The van der Waals surface area contributed by atoms with E-state index >= 15 is 0 Å². The van der Waals surface area contributed by atoms with E-state index in [9.17, 15) is 26.4 Å². The molecule has 222 valence electrons. The summed E-state index contributed by atoms with van der Waals surface area (Å²) in [7, 11) is -7.76. The molecule has 13 nitrogen and oxygen atoms in total. The van der Waals surface area contributed by atoms with Crippen molar-refractivity contribution in [2.45, 2.75) is 30.2 Å². The number of aromatic nitrogens is 1. The van der Waals surface area contributed by atoms with Crippen LogP contribution in [0.15, 0.2) is 57.2 Å². The Morgan fingerprint density at radius 2 is 1.61 bits per heavy atom. The number of hydrogen-bond donors (Lipinski definition) is 1. The zero-order valence-corrected chi connectivity index (χ0v) is 25.0. The third-order valence-corrected chi connectivity index (χ3v) is 10.2. The van der Waals surface area contributed by atoms with Crippen LogP contribution >= 0.6 is 11.3 Å². The minimum Gasteiger partial charge on any atom is -0.450 e. The Hall–Kier alpha value is -3.15. The molecule has 1 saturated heterocycles. The molecule has 2 aromatic carbocycles. The van der Waals surface area contributed by atoms with Gasteiger partial charge in [0.05, 0.1) is 33.2 Å². The first-order valence-electron chi connectivity index (χ1n) is 12.8. The summed E-state index contributed by atoms with van der Waals surface area (Å²) in [6.45, 7) is 5.69. The van der Waals surface area contributed by atoms with Crippen molar-refractivity contribution >= 4 is 53.6 Å². The highest BCUT2D eigenvalue weighted by Gasteiger charge is 2.30. The van der Waals surface area contributed by atoms with Crippen LogP contribution in [0, 0.1) is 0 Å². The summed E-state index contributed by atoms with van der Waals surface area (Å²) in [5, 5.41) is 5.27. The molecule has 0 aliphatic carbocycles. The number of hydrogen-bond acceptors (Lipinski definition) is 9. The Kier molecular flexibility index (Phi) is 9.61. The number of piperazine rings is 1. The number of carbonyl (C=O) groups excluding carboxylic acids is 2. The minimum atomic E-state index is -3.92. The lowest BCUT2D eigenvalue weighted by atomic mass is 10.2. The number of carbonyl (C=O) groups is 2. The molecular weight excluding hydrogens is 595 g/mol. The van der Waals surface area contributed by atoms with Crippen LogP contribution in [0.25, 0.3) is 10.2 Å². The molecule has 0 radical (unpaired) electrons. The first kappa shape index (κ1) is 30.8. The van der Waals surface area contributed by atoms with Crippen LogP contribution in [0.4, 0.5) is 4.79 Å². The molecule has 0 spiro atoms. The van der Waals surface area contributed by atoms with Crippen molar-refractivity contribution in [3.8, 4) is 0 Å². The molecule has 41 heavy (non-hydrogen) atoms. The zero-order valence-electron chi connectivity index (χ0n) is 22.6. The monoisotopic (exact) mass is 625 g/mol. The smallest absolute Gasteiger partial charge is 0.409 e. The molecule has 2 heterocycles. The molecule has 0 atom stereocenters. The molecule has 1 fully saturated rings. The third kappa shape index (κ3) is 7.02. The van der Waals surface area contributed by atoms with Gasteiger partial charge in [0.1, 0.15) is 0 Å². The number of thiazole rings is 1. The van der Waals surface area contributed by atoms with Gasteiger partial charge in [-0.15, -0.1) is 0 Å². The summed E-state index contributed by atoms with van der Waals surface area (Å²) in [5.41, 5.74) is 0.841. The Labute approximate surface area is 241 Å². The van der Waals surface area contributed by atoms with Crippen molar-refractivity contribution in [3.05, 3.63) is 52.8 Å². The number of nitrogens with zero attached hydrogens (tertiary/aromatic N) is 4. The Balaban J connectivity index is 1.57. The lowest BCUT2D eigenvalue weighted by Crippen LogP contribution is -2.50. The van der Waals surface area contributed by atoms with E-state index in [1.807, 2.05) is 6.92 Å². The molecule has 3 aromatic rings. The van der Waals surface area contributed by atoms with Crippen LogP contribution < -0.4 is 9.94 Å². The summed E-state index contributed by atoms with van der Waals surface area (Å²) >= 11 is 1.13. The molecule has 4 rings (SSSR count). The lowest BCUT2D eigenvalue weighted by molar-refractivity contribution is 0.0933. The second-order valence-corrected chi connectivity index (χ2v) is 13.4. The Morgan fingerprint density at radius 1 is 0.951 bits per heavy atom. The van der Waals surface area contributed by atoms with Gasteiger partial charge in [-0.1, -0.05) is 11.3 Å². The molecule has 2 N–H and O–H groups in total. The first-order chi connectivity index (χ1) is 19.5. The van der Waals surface area contributed by atoms with E-state index in [0.29, 0.717) is 34.8 Å². The van der Waals surface area contributed by atoms with Crippen LogP contribution in [-0.2, 0) is 36.1 Å². The van der Waals surface area contributed by atoms with Crippen LogP contribution in [0.1, 0.15) is 24.2 Å². The molecule has 0 saturated carbocycles. The number of benzene rings is 2. The van der Waals surface area contributed by atoms with Gasteiger partial charge in [-0.05, 0) is 56.3 Å². The van der Waals surface area contributed by atoms with Gasteiger partial charge >= 0.3 is 6.09 Å². The fourth-order valence-electron chi connectivity index (χ4n) is 4.23. The molecule has 1 aromatic heterocycles. The second-order valence-electron chi connectivity index (χ2n) is 8.94. The van der Waals surface area contributed by atoms with Crippen LogP contribution in [0.5, 0.6) is 0 Å². The SMILES string of the molecule is CCOCCn1c(=NC(=O)c2ccc(S(=O)(=O)N3CCN(C(=O)OCC)CC3)cc2)sc2cc(S(N)(=O)=O)ccc21. The summed E-state index contributed by atoms with van der Waals surface area (Å²) in [5.74, 6) is -0.597. The molecule has 1 aliphatic rings. The maximum atomic E-state index is 13.1. The summed E-state index contributed by atoms with van der Waals surface area (Å²) in [6.07, 6.45) is -0.473. The van der Waals surface area contributed by atoms with Crippen molar-refractivity contribution < 1.29 is 35.9 Å². The van der Waals surface area contributed by atoms with E-state index in [4.69, 9.17) is 14.6 Å². The zero-order chi connectivity index (χ0) is 29.8. The van der Waals surface area contributed by atoms with E-state index in [0.717, 1.165) is 11.3 Å². The van der Waals surface area contributed by atoms with Crippen molar-refractivity contribution in [3.63, 3.8) is 0 Å². The summed E-state index contributed by atoms with van der Waals surface area (Å²) in [6, 6.07) is 9.91. The molecule has 2 amide bonds. The summed E-state index contributed by atoms with van der Waals surface area (Å²) in [4.78, 5) is 31.0. The van der Waals surface area contributed by atoms with Crippen molar-refractivity contribution in [2.24, 2.45) is 10.1 Å². The predicted molar refractivity (Wildman–Crippen MR) is 151 cm³/mol. The number of sulfonamides is 2. The molecule has 1 aliphatic heterocycles. The van der Waals surface area contributed by atoms with E-state index in [-0.39, 0.29) is 48.1 Å². The van der Waals surface area contributed by atoms with Crippen molar-refractivity contribution in [1.82, 2.24) is 13.8 Å². The number of fused-ring (bicyclic) bond motifs is 1. The Morgan fingerprint density at radius 3 is 2.22 bits per heavy atom. The molecule has 0 unspecified atom stereocenters. The summed E-state index contributed by atoms with van der Waals surface area (Å²) < 4.78 is 64.0. The van der Waals surface area contributed by atoms with Gasteiger partial charge in [-0.25, -0.2) is 26.8 Å². The maximum absolute atomic E-state index is 13.1. The normalized spacial score (nSPS) is 15.4. The van der Waals surface area contributed by atoms with Gasteiger partial charge in [0, 0.05) is 44.9 Å². The van der Waals surface area contributed by atoms with Gasteiger partial charge in [0.15, 0.2) is 4.80 Å². The van der Waals surface area contributed by atoms with Gasteiger partial charge in [0.2, 0.25) is 20.0 Å². The highest BCUT2D eigenvalue weighted by Crippen LogP contribution is 2.22. The molecule has 16 heteroatoms. The number of primary sulfonamides is 1. The Bertz CT molecular complexity index is 1710. The van der Waals surface area contributed by atoms with Gasteiger partial charge in [-0.2, -0.15) is 9.30 Å². The fourth-order valence-corrected chi connectivity index (χ4v) is 7.36. The molecule has 0 bridgehead atoms. The minimum absolute atomic E-state index is 0.0165. The maximum Gasteiger partial charge on any atom is 0.409 e. The quantitative estimate of drug-likeness (QED) is 0.350. The number of amides is 2. The van der Waals surface area contributed by atoms with E-state index in [1.54, 1.807) is 17.6 Å². The van der Waals surface area contributed by atoms with Gasteiger partial charge in [0.25, 0.3) is 5.91 Å². The number of nitrogens with two attached hydrogens (primary N) is 1.